The van der Waals surface area contributed by atoms with Crippen molar-refractivity contribution in [2.45, 2.75) is 37.8 Å². The van der Waals surface area contributed by atoms with Crippen molar-refractivity contribution in [2.75, 3.05) is 40.3 Å². The number of hydrogen-bond acceptors (Lipinski definition) is 3. The van der Waals surface area contributed by atoms with Gasteiger partial charge in [0.1, 0.15) is 0 Å². The molecular weight excluding hydrogens is 186 g/mol. The highest BCUT2D eigenvalue weighted by Crippen LogP contribution is 2.19. The molecule has 2 aliphatic rings. The molecule has 88 valence electrons. The van der Waals surface area contributed by atoms with Crippen LogP contribution in [0.5, 0.6) is 0 Å². The number of likely N-dealkylation sites (N-methyl/N-ethyl adjacent to an activating group) is 1. The van der Waals surface area contributed by atoms with Crippen LogP contribution < -0.4 is 5.32 Å². The van der Waals surface area contributed by atoms with Crippen LogP contribution in [0.3, 0.4) is 0 Å². The lowest BCUT2D eigenvalue weighted by Gasteiger charge is -2.27. The van der Waals surface area contributed by atoms with Crippen LogP contribution in [0.25, 0.3) is 0 Å². The minimum atomic E-state index is 0.785. The Kier molecular flexibility index (Phi) is 4.00. The molecule has 2 atom stereocenters. The molecule has 2 heterocycles. The normalized spacial score (nSPS) is 34.6. The lowest BCUT2D eigenvalue weighted by molar-refractivity contribution is 0.207. The van der Waals surface area contributed by atoms with Crippen LogP contribution in [0.2, 0.25) is 0 Å². The van der Waals surface area contributed by atoms with Gasteiger partial charge in [-0.05, 0) is 39.9 Å². The minimum Gasteiger partial charge on any atom is -0.315 e. The van der Waals surface area contributed by atoms with Gasteiger partial charge in [-0.15, -0.1) is 0 Å². The predicted octanol–water partition coefficient (Wildman–Crippen LogP) is 0.764. The molecular formula is C12H25N3. The van der Waals surface area contributed by atoms with Gasteiger partial charge in [-0.1, -0.05) is 6.42 Å². The van der Waals surface area contributed by atoms with E-state index in [9.17, 15) is 0 Å². The van der Waals surface area contributed by atoms with E-state index >= 15 is 0 Å². The summed E-state index contributed by atoms with van der Waals surface area (Å²) in [5, 5.41) is 3.56. The van der Waals surface area contributed by atoms with Gasteiger partial charge in [0.05, 0.1) is 0 Å². The predicted molar refractivity (Wildman–Crippen MR) is 64.2 cm³/mol. The Labute approximate surface area is 93.8 Å². The summed E-state index contributed by atoms with van der Waals surface area (Å²) in [5.74, 6) is 0. The SMILES string of the molecule is CN(C)C1CCN(C2CCCCNC2)C1. The quantitative estimate of drug-likeness (QED) is 0.728. The summed E-state index contributed by atoms with van der Waals surface area (Å²) in [4.78, 5) is 5.08. The Morgan fingerprint density at radius 2 is 2.07 bits per heavy atom. The van der Waals surface area contributed by atoms with Crippen LogP contribution in [0.1, 0.15) is 25.7 Å². The molecule has 0 aromatic carbocycles. The molecule has 2 rings (SSSR count). The van der Waals surface area contributed by atoms with Gasteiger partial charge in [-0.25, -0.2) is 0 Å². The van der Waals surface area contributed by atoms with E-state index in [4.69, 9.17) is 0 Å². The average molecular weight is 211 g/mol. The fraction of sp³-hybridized carbons (Fsp3) is 1.00. The van der Waals surface area contributed by atoms with Gasteiger partial charge in [0, 0.05) is 31.7 Å². The second-order valence-corrected chi connectivity index (χ2v) is 5.25. The molecule has 2 unspecified atom stereocenters. The first-order valence-corrected chi connectivity index (χ1v) is 6.38. The minimum absolute atomic E-state index is 0.785. The van der Waals surface area contributed by atoms with E-state index in [2.05, 4.69) is 29.2 Å². The Hall–Kier alpha value is -0.120. The summed E-state index contributed by atoms with van der Waals surface area (Å²) in [5.41, 5.74) is 0. The lowest BCUT2D eigenvalue weighted by atomic mass is 10.1. The molecule has 0 bridgehead atoms. The second kappa shape index (κ2) is 5.28. The van der Waals surface area contributed by atoms with Crippen LogP contribution in [0, 0.1) is 0 Å². The molecule has 0 amide bonds. The Bertz CT molecular complexity index is 185. The van der Waals surface area contributed by atoms with Gasteiger partial charge in [0.25, 0.3) is 0 Å². The molecule has 0 saturated carbocycles. The topological polar surface area (TPSA) is 18.5 Å². The van der Waals surface area contributed by atoms with Crippen molar-refractivity contribution in [3.05, 3.63) is 0 Å². The monoisotopic (exact) mass is 211 g/mol. The first kappa shape index (κ1) is 11.4. The van der Waals surface area contributed by atoms with Gasteiger partial charge in [-0.2, -0.15) is 0 Å². The highest BCUT2D eigenvalue weighted by Gasteiger charge is 2.29. The van der Waals surface area contributed by atoms with Gasteiger partial charge < -0.3 is 10.2 Å². The fourth-order valence-corrected chi connectivity index (χ4v) is 2.83. The van der Waals surface area contributed by atoms with Crippen LogP contribution in [0.4, 0.5) is 0 Å². The zero-order valence-electron chi connectivity index (χ0n) is 10.2. The number of rotatable bonds is 2. The van der Waals surface area contributed by atoms with Crippen LogP contribution in [-0.2, 0) is 0 Å². The molecule has 2 aliphatic heterocycles. The summed E-state index contributed by atoms with van der Waals surface area (Å²) >= 11 is 0. The molecule has 2 saturated heterocycles. The summed E-state index contributed by atoms with van der Waals surface area (Å²) in [6, 6.07) is 1.59. The average Bonchev–Trinajstić information content (AvgIpc) is 2.55. The van der Waals surface area contributed by atoms with E-state index in [0.29, 0.717) is 0 Å². The van der Waals surface area contributed by atoms with E-state index in [1.807, 2.05) is 0 Å². The third-order valence-corrected chi connectivity index (χ3v) is 3.96. The van der Waals surface area contributed by atoms with Crippen molar-refractivity contribution >= 4 is 0 Å². The second-order valence-electron chi connectivity index (χ2n) is 5.25. The number of hydrogen-bond donors (Lipinski definition) is 1. The van der Waals surface area contributed by atoms with E-state index in [1.165, 1.54) is 51.9 Å². The summed E-state index contributed by atoms with van der Waals surface area (Å²) in [6.07, 6.45) is 5.51. The highest BCUT2D eigenvalue weighted by atomic mass is 15.3. The maximum Gasteiger partial charge on any atom is 0.0229 e. The third-order valence-electron chi connectivity index (χ3n) is 3.96. The molecule has 15 heavy (non-hydrogen) atoms. The number of nitrogens with zero attached hydrogens (tertiary/aromatic N) is 2. The zero-order chi connectivity index (χ0) is 10.7. The molecule has 0 aliphatic carbocycles. The Morgan fingerprint density at radius 3 is 2.80 bits per heavy atom. The molecule has 0 aromatic rings. The largest absolute Gasteiger partial charge is 0.315 e. The van der Waals surface area contributed by atoms with Crippen LogP contribution in [0.15, 0.2) is 0 Å². The van der Waals surface area contributed by atoms with E-state index < -0.39 is 0 Å². The van der Waals surface area contributed by atoms with Crippen molar-refractivity contribution in [3.8, 4) is 0 Å². The lowest BCUT2D eigenvalue weighted by Crippen LogP contribution is -2.41. The molecule has 3 heteroatoms. The summed E-state index contributed by atoms with van der Waals surface area (Å²) in [7, 11) is 4.42. The Balaban J connectivity index is 1.83. The smallest absolute Gasteiger partial charge is 0.0229 e. The summed E-state index contributed by atoms with van der Waals surface area (Å²) in [6.45, 7) is 5.01. The van der Waals surface area contributed by atoms with E-state index in [-0.39, 0.29) is 0 Å². The number of likely N-dealkylation sites (tertiary alicyclic amines) is 1. The molecule has 0 radical (unpaired) electrons. The van der Waals surface area contributed by atoms with Gasteiger partial charge in [0.2, 0.25) is 0 Å². The highest BCUT2D eigenvalue weighted by molar-refractivity contribution is 4.87. The van der Waals surface area contributed by atoms with Crippen LogP contribution in [-0.4, -0.2) is 62.2 Å². The first-order chi connectivity index (χ1) is 7.27. The van der Waals surface area contributed by atoms with E-state index in [1.54, 1.807) is 0 Å². The maximum absolute atomic E-state index is 3.56. The maximum atomic E-state index is 3.56. The van der Waals surface area contributed by atoms with Crippen LogP contribution >= 0.6 is 0 Å². The third kappa shape index (κ3) is 2.92. The molecule has 0 aromatic heterocycles. The van der Waals surface area contributed by atoms with E-state index in [0.717, 1.165) is 12.1 Å². The van der Waals surface area contributed by atoms with Gasteiger partial charge in [-0.3, -0.25) is 4.90 Å². The van der Waals surface area contributed by atoms with Gasteiger partial charge in [0.15, 0.2) is 0 Å². The number of nitrogens with one attached hydrogen (secondary N) is 1. The Morgan fingerprint density at radius 1 is 1.20 bits per heavy atom. The van der Waals surface area contributed by atoms with Crippen molar-refractivity contribution in [1.29, 1.82) is 0 Å². The standard InChI is InChI=1S/C12H25N3/c1-14(2)12-6-8-15(10-12)11-5-3-4-7-13-9-11/h11-13H,3-10H2,1-2H3. The van der Waals surface area contributed by atoms with Crippen molar-refractivity contribution in [1.82, 2.24) is 15.1 Å². The molecule has 3 nitrogen and oxygen atoms in total. The molecule has 0 spiro atoms. The van der Waals surface area contributed by atoms with Crippen molar-refractivity contribution in [2.24, 2.45) is 0 Å². The summed E-state index contributed by atoms with van der Waals surface area (Å²) < 4.78 is 0. The van der Waals surface area contributed by atoms with Crippen molar-refractivity contribution in [3.63, 3.8) is 0 Å². The van der Waals surface area contributed by atoms with Gasteiger partial charge >= 0.3 is 0 Å². The molecule has 1 N–H and O–H groups in total. The first-order valence-electron chi connectivity index (χ1n) is 6.38. The zero-order valence-corrected chi connectivity index (χ0v) is 10.2. The van der Waals surface area contributed by atoms with Crippen molar-refractivity contribution < 1.29 is 0 Å². The fourth-order valence-electron chi connectivity index (χ4n) is 2.83. The molecule has 2 fully saturated rings.